The van der Waals surface area contributed by atoms with Gasteiger partial charge < -0.3 is 9.15 Å². The molecule has 2 heterocycles. The molecule has 0 atom stereocenters. The molecule has 1 aromatic heterocycles. The third-order valence-electron chi connectivity index (χ3n) is 4.39. The number of rotatable bonds is 4. The predicted molar refractivity (Wildman–Crippen MR) is 119 cm³/mol. The molecule has 0 saturated carbocycles. The summed E-state index contributed by atoms with van der Waals surface area (Å²) in [5.41, 5.74) is 1.60. The van der Waals surface area contributed by atoms with E-state index in [4.69, 9.17) is 9.15 Å². The lowest BCUT2D eigenvalue weighted by atomic mass is 10.1. The molecule has 30 heavy (non-hydrogen) atoms. The summed E-state index contributed by atoms with van der Waals surface area (Å²) in [6.45, 7) is 1.67. The van der Waals surface area contributed by atoms with Crippen molar-refractivity contribution in [2.24, 2.45) is 10.2 Å². The summed E-state index contributed by atoms with van der Waals surface area (Å²) in [4.78, 5) is 24.9. The van der Waals surface area contributed by atoms with Gasteiger partial charge in [0, 0.05) is 5.39 Å². The molecule has 150 valence electrons. The summed E-state index contributed by atoms with van der Waals surface area (Å²) >= 11 is 1.18. The zero-order valence-electron chi connectivity index (χ0n) is 16.2. The highest BCUT2D eigenvalue weighted by Gasteiger charge is 2.24. The molecule has 0 radical (unpaired) electrons. The van der Waals surface area contributed by atoms with Crippen LogP contribution in [-0.2, 0) is 4.79 Å². The van der Waals surface area contributed by atoms with E-state index in [9.17, 15) is 9.59 Å². The van der Waals surface area contributed by atoms with Gasteiger partial charge in [-0.25, -0.2) is 4.79 Å². The predicted octanol–water partition coefficient (Wildman–Crippen LogP) is 3.79. The van der Waals surface area contributed by atoms with Crippen LogP contribution in [0.25, 0.3) is 17.0 Å². The van der Waals surface area contributed by atoms with E-state index >= 15 is 0 Å². The molecule has 0 aliphatic carbocycles. The van der Waals surface area contributed by atoms with Crippen LogP contribution in [0.4, 0.5) is 0 Å². The van der Waals surface area contributed by atoms with E-state index in [0.29, 0.717) is 26.9 Å². The van der Waals surface area contributed by atoms with E-state index in [2.05, 4.69) is 15.5 Å². The smallest absolute Gasteiger partial charge is 0.345 e. The topological polar surface area (TPSA) is 93.3 Å². The Morgan fingerprint density at radius 2 is 1.90 bits per heavy atom. The van der Waals surface area contributed by atoms with Crippen LogP contribution in [0.1, 0.15) is 18.1 Å². The Morgan fingerprint density at radius 3 is 2.67 bits per heavy atom. The first-order valence-electron chi connectivity index (χ1n) is 9.04. The fraction of sp³-hybridized carbons (Fsp3) is 0.0909. The highest BCUT2D eigenvalue weighted by atomic mass is 32.2. The third kappa shape index (κ3) is 4.18. The lowest BCUT2D eigenvalue weighted by Crippen LogP contribution is -2.19. The molecule has 1 amide bonds. The van der Waals surface area contributed by atoms with Crippen molar-refractivity contribution in [1.82, 2.24) is 5.32 Å². The summed E-state index contributed by atoms with van der Waals surface area (Å²) < 4.78 is 10.5. The van der Waals surface area contributed by atoms with Crippen LogP contribution in [0, 0.1) is 0 Å². The minimum absolute atomic E-state index is 0.257. The molecule has 1 aliphatic heterocycles. The summed E-state index contributed by atoms with van der Waals surface area (Å²) in [5.74, 6) is 0.485. The fourth-order valence-corrected chi connectivity index (χ4v) is 3.59. The molecular weight excluding hydrogens is 402 g/mol. The number of fused-ring (bicyclic) bond motifs is 1. The molecule has 7 nitrogen and oxygen atoms in total. The Labute approximate surface area is 176 Å². The molecule has 2 aromatic carbocycles. The van der Waals surface area contributed by atoms with Crippen LogP contribution >= 0.6 is 11.8 Å². The van der Waals surface area contributed by atoms with E-state index in [0.717, 1.165) is 16.7 Å². The molecule has 0 unspecified atom stereocenters. The molecule has 3 aromatic rings. The van der Waals surface area contributed by atoms with Crippen molar-refractivity contribution in [3.63, 3.8) is 0 Å². The Kier molecular flexibility index (Phi) is 5.49. The maximum atomic E-state index is 12.2. The van der Waals surface area contributed by atoms with Crippen LogP contribution < -0.4 is 15.7 Å². The first-order valence-corrected chi connectivity index (χ1v) is 9.85. The number of hydrogen-bond acceptors (Lipinski definition) is 7. The molecule has 0 spiro atoms. The van der Waals surface area contributed by atoms with E-state index in [-0.39, 0.29) is 5.91 Å². The van der Waals surface area contributed by atoms with E-state index in [1.807, 2.05) is 36.4 Å². The molecule has 4 rings (SSSR count). The summed E-state index contributed by atoms with van der Waals surface area (Å²) in [6, 6.07) is 16.3. The highest BCUT2D eigenvalue weighted by molar-refractivity contribution is 8.18. The summed E-state index contributed by atoms with van der Waals surface area (Å²) in [7, 11) is 1.60. The first kappa shape index (κ1) is 19.7. The van der Waals surface area contributed by atoms with Crippen molar-refractivity contribution in [3.05, 3.63) is 81.0 Å². The fourth-order valence-electron chi connectivity index (χ4n) is 2.82. The molecular formula is C22H17N3O4S. The zero-order chi connectivity index (χ0) is 21.1. The number of benzene rings is 2. The molecule has 1 aliphatic rings. The van der Waals surface area contributed by atoms with Crippen molar-refractivity contribution in [2.45, 2.75) is 6.92 Å². The van der Waals surface area contributed by atoms with E-state index < -0.39 is 5.63 Å². The largest absolute Gasteiger partial charge is 0.497 e. The molecule has 0 bridgehead atoms. The normalized spacial score (nSPS) is 17.0. The maximum Gasteiger partial charge on any atom is 0.345 e. The lowest BCUT2D eigenvalue weighted by molar-refractivity contribution is -0.115. The Bertz CT molecular complexity index is 1270. The van der Waals surface area contributed by atoms with Crippen LogP contribution in [-0.4, -0.2) is 23.9 Å². The van der Waals surface area contributed by atoms with Crippen molar-refractivity contribution >= 4 is 45.6 Å². The second-order valence-electron chi connectivity index (χ2n) is 6.41. The maximum absolute atomic E-state index is 12.2. The van der Waals surface area contributed by atoms with Gasteiger partial charge in [-0.15, -0.1) is 5.10 Å². The van der Waals surface area contributed by atoms with Gasteiger partial charge in [0.25, 0.3) is 5.91 Å². The van der Waals surface area contributed by atoms with Crippen LogP contribution in [0.5, 0.6) is 5.75 Å². The molecule has 1 saturated heterocycles. The SMILES string of the molecule is COc1ccc(C=C2S/C(=N\N=C(C)c3cc4ccccc4oc3=O)NC2=O)cc1. The van der Waals surface area contributed by atoms with Crippen molar-refractivity contribution in [1.29, 1.82) is 0 Å². The number of hydrogen-bond donors (Lipinski definition) is 1. The van der Waals surface area contributed by atoms with Gasteiger partial charge in [0.2, 0.25) is 0 Å². The first-order chi connectivity index (χ1) is 14.5. The lowest BCUT2D eigenvalue weighted by Gasteiger charge is -2.00. The number of methoxy groups -OCH3 is 1. The Hall–Kier alpha value is -3.65. The average Bonchev–Trinajstić information content (AvgIpc) is 3.11. The molecule has 8 heteroatoms. The van der Waals surface area contributed by atoms with Crippen LogP contribution in [0.15, 0.2) is 78.9 Å². The number of thioether (sulfide) groups is 1. The zero-order valence-corrected chi connectivity index (χ0v) is 17.0. The van der Waals surface area contributed by atoms with Crippen molar-refractivity contribution in [3.8, 4) is 5.75 Å². The van der Waals surface area contributed by atoms with E-state index in [1.54, 1.807) is 38.3 Å². The number of carbonyl (C=O) groups excluding carboxylic acids is 1. The van der Waals surface area contributed by atoms with Gasteiger partial charge in [0.1, 0.15) is 11.3 Å². The van der Waals surface area contributed by atoms with Gasteiger partial charge in [-0.3, -0.25) is 10.1 Å². The highest BCUT2D eigenvalue weighted by Crippen LogP contribution is 2.26. The number of amidine groups is 1. The number of nitrogens with one attached hydrogen (secondary N) is 1. The minimum Gasteiger partial charge on any atom is -0.497 e. The van der Waals surface area contributed by atoms with Crippen molar-refractivity contribution < 1.29 is 13.9 Å². The van der Waals surface area contributed by atoms with E-state index in [1.165, 1.54) is 11.8 Å². The molecule has 1 N–H and O–H groups in total. The number of nitrogens with zero attached hydrogens (tertiary/aromatic N) is 2. The van der Waals surface area contributed by atoms with Gasteiger partial charge >= 0.3 is 5.63 Å². The number of carbonyl (C=O) groups is 1. The quantitative estimate of drug-likeness (QED) is 0.301. The summed E-state index contributed by atoms with van der Waals surface area (Å²) in [6.07, 6.45) is 1.76. The van der Waals surface area contributed by atoms with Crippen LogP contribution in [0.3, 0.4) is 0 Å². The van der Waals surface area contributed by atoms with Gasteiger partial charge in [0.05, 0.1) is 23.3 Å². The Balaban J connectivity index is 1.56. The number of para-hydroxylation sites is 1. The number of ether oxygens (including phenoxy) is 1. The van der Waals surface area contributed by atoms with Gasteiger partial charge in [-0.1, -0.05) is 30.3 Å². The Morgan fingerprint density at radius 1 is 1.13 bits per heavy atom. The average molecular weight is 419 g/mol. The third-order valence-corrected chi connectivity index (χ3v) is 5.29. The minimum atomic E-state index is -0.488. The second kappa shape index (κ2) is 8.38. The van der Waals surface area contributed by atoms with Gasteiger partial charge in [-0.2, -0.15) is 5.10 Å². The number of amides is 1. The molecule has 1 fully saturated rings. The van der Waals surface area contributed by atoms with Gasteiger partial charge in [0.15, 0.2) is 5.17 Å². The summed E-state index contributed by atoms with van der Waals surface area (Å²) in [5, 5.41) is 12.0. The van der Waals surface area contributed by atoms with Crippen LogP contribution in [0.2, 0.25) is 0 Å². The standard InChI is InChI=1S/C22H17N3O4S/c1-13(17-12-15-5-3-4-6-18(15)29-21(17)27)24-25-22-23-20(26)19(30-22)11-14-7-9-16(28-2)10-8-14/h3-12H,1-2H3,(H,23,25,26). The van der Waals surface area contributed by atoms with Crippen molar-refractivity contribution in [2.75, 3.05) is 7.11 Å². The second-order valence-corrected chi connectivity index (χ2v) is 7.44. The monoisotopic (exact) mass is 419 g/mol. The van der Waals surface area contributed by atoms with Gasteiger partial charge in [-0.05, 0) is 54.6 Å².